The van der Waals surface area contributed by atoms with Crippen molar-refractivity contribution < 1.29 is 4.79 Å². The van der Waals surface area contributed by atoms with Gasteiger partial charge in [0.1, 0.15) is 0 Å². The van der Waals surface area contributed by atoms with E-state index in [9.17, 15) is 4.79 Å². The van der Waals surface area contributed by atoms with Crippen molar-refractivity contribution in [2.75, 3.05) is 0 Å². The number of hydrogen-bond donors (Lipinski definition) is 1. The molecule has 0 unspecified atom stereocenters. The van der Waals surface area contributed by atoms with Crippen LogP contribution in [0, 0.1) is 6.54 Å². The van der Waals surface area contributed by atoms with Gasteiger partial charge in [-0.3, -0.25) is 0 Å². The largest absolute Gasteiger partial charge is 0.351 e. The highest BCUT2D eigenvalue weighted by molar-refractivity contribution is 5.73. The molecule has 0 bridgehead atoms. The number of nitrogens with two attached hydrogens (primary N) is 1. The lowest BCUT2D eigenvalue weighted by Crippen LogP contribution is -2.38. The van der Waals surface area contributed by atoms with Gasteiger partial charge in [-0.25, -0.2) is 4.79 Å². The van der Waals surface area contributed by atoms with Crippen LogP contribution in [0.3, 0.4) is 0 Å². The highest BCUT2D eigenvalue weighted by Gasteiger charge is 2.11. The van der Waals surface area contributed by atoms with Crippen molar-refractivity contribution in [3.05, 3.63) is 6.54 Å². The van der Waals surface area contributed by atoms with Crippen LogP contribution in [-0.2, 0) is 0 Å². The Balaban J connectivity index is 3.85. The third kappa shape index (κ3) is 2.71. The van der Waals surface area contributed by atoms with Crippen molar-refractivity contribution >= 4 is 6.03 Å². The van der Waals surface area contributed by atoms with Crippen LogP contribution in [0.2, 0.25) is 0 Å². The minimum atomic E-state index is -0.378. The maximum atomic E-state index is 10.6. The van der Waals surface area contributed by atoms with Gasteiger partial charge in [-0.15, -0.1) is 0 Å². The lowest BCUT2D eigenvalue weighted by atomic mass is 10.3. The van der Waals surface area contributed by atoms with Gasteiger partial charge >= 0.3 is 6.03 Å². The van der Waals surface area contributed by atoms with E-state index in [0.29, 0.717) is 0 Å². The average molecular weight is 143 g/mol. The monoisotopic (exact) mass is 143 g/mol. The molecule has 0 aromatic heterocycles. The molecule has 59 valence electrons. The number of rotatable bonds is 3. The first-order valence-electron chi connectivity index (χ1n) is 3.50. The van der Waals surface area contributed by atoms with Crippen LogP contribution >= 0.6 is 0 Å². The lowest BCUT2D eigenvalue weighted by molar-refractivity contribution is 0.206. The summed E-state index contributed by atoms with van der Waals surface area (Å²) in [5.74, 6) is 0. The van der Waals surface area contributed by atoms with Crippen molar-refractivity contribution in [1.29, 1.82) is 0 Å². The van der Waals surface area contributed by atoms with Crippen LogP contribution in [0.25, 0.3) is 0 Å². The Hall–Kier alpha value is -0.730. The van der Waals surface area contributed by atoms with Crippen molar-refractivity contribution in [3.63, 3.8) is 0 Å². The van der Waals surface area contributed by atoms with Crippen LogP contribution < -0.4 is 5.73 Å². The predicted octanol–water partition coefficient (Wildman–Crippen LogP) is 1.35. The van der Waals surface area contributed by atoms with E-state index in [0.717, 1.165) is 6.42 Å². The van der Waals surface area contributed by atoms with Gasteiger partial charge in [0.15, 0.2) is 0 Å². The molecule has 0 aromatic rings. The van der Waals surface area contributed by atoms with Crippen LogP contribution in [-0.4, -0.2) is 17.0 Å². The summed E-state index contributed by atoms with van der Waals surface area (Å²) in [4.78, 5) is 12.2. The first-order chi connectivity index (χ1) is 4.59. The van der Waals surface area contributed by atoms with Gasteiger partial charge in [0, 0.05) is 6.04 Å². The number of carbonyl (C=O) groups is 1. The molecule has 0 fully saturated rings. The van der Waals surface area contributed by atoms with Gasteiger partial charge in [-0.1, -0.05) is 6.92 Å². The molecule has 0 rings (SSSR count). The van der Waals surface area contributed by atoms with Crippen molar-refractivity contribution in [3.8, 4) is 0 Å². The summed E-state index contributed by atoms with van der Waals surface area (Å²) in [5.41, 5.74) is 5.08. The second-order valence-corrected chi connectivity index (χ2v) is 2.43. The molecule has 0 aromatic carbocycles. The number of primary amides is 1. The maximum absolute atomic E-state index is 10.6. The van der Waals surface area contributed by atoms with Gasteiger partial charge in [-0.2, -0.15) is 0 Å². The third-order valence-corrected chi connectivity index (χ3v) is 1.19. The Labute approximate surface area is 62.2 Å². The SMILES string of the molecule is CC[CH]N(C(N)=O)C(C)C. The fourth-order valence-corrected chi connectivity index (χ4v) is 0.752. The molecule has 0 atom stereocenters. The normalized spacial score (nSPS) is 10.0. The van der Waals surface area contributed by atoms with E-state index < -0.39 is 0 Å². The van der Waals surface area contributed by atoms with Crippen LogP contribution in [0.1, 0.15) is 27.2 Å². The smallest absolute Gasteiger partial charge is 0.315 e. The Morgan fingerprint density at radius 3 is 2.30 bits per heavy atom. The first kappa shape index (κ1) is 9.27. The summed E-state index contributed by atoms with van der Waals surface area (Å²) in [7, 11) is 0. The van der Waals surface area contributed by atoms with Gasteiger partial charge in [0.25, 0.3) is 0 Å². The number of nitrogens with zero attached hydrogens (tertiary/aromatic N) is 1. The Morgan fingerprint density at radius 1 is 1.70 bits per heavy atom. The topological polar surface area (TPSA) is 46.3 Å². The zero-order chi connectivity index (χ0) is 8.15. The summed E-state index contributed by atoms with van der Waals surface area (Å²) in [6.45, 7) is 7.62. The Kier molecular flexibility index (Phi) is 3.84. The summed E-state index contributed by atoms with van der Waals surface area (Å²) in [5, 5.41) is 0. The van der Waals surface area contributed by atoms with Crippen LogP contribution in [0.5, 0.6) is 0 Å². The minimum absolute atomic E-state index is 0.164. The summed E-state index contributed by atoms with van der Waals surface area (Å²) < 4.78 is 0. The molecule has 10 heavy (non-hydrogen) atoms. The zero-order valence-electron chi connectivity index (χ0n) is 6.79. The quantitative estimate of drug-likeness (QED) is 0.636. The molecule has 2 amide bonds. The van der Waals surface area contributed by atoms with Crippen molar-refractivity contribution in [1.82, 2.24) is 4.90 Å². The van der Waals surface area contributed by atoms with E-state index in [-0.39, 0.29) is 12.1 Å². The molecule has 0 aliphatic rings. The number of carbonyl (C=O) groups excluding carboxylic acids is 1. The number of amides is 2. The fourth-order valence-electron chi connectivity index (χ4n) is 0.752. The Morgan fingerprint density at radius 2 is 2.20 bits per heavy atom. The average Bonchev–Trinajstić information content (AvgIpc) is 1.81. The molecule has 0 saturated carbocycles. The standard InChI is InChI=1S/C7H15N2O/c1-4-5-9(6(2)3)7(8)10/h5-6H,4H2,1-3H3,(H2,8,10). The molecular weight excluding hydrogens is 128 g/mol. The van der Waals surface area contributed by atoms with E-state index in [2.05, 4.69) is 0 Å². The van der Waals surface area contributed by atoms with E-state index in [1.165, 1.54) is 4.90 Å². The summed E-state index contributed by atoms with van der Waals surface area (Å²) in [6.07, 6.45) is 0.834. The molecule has 3 heteroatoms. The first-order valence-corrected chi connectivity index (χ1v) is 3.50. The molecular formula is C7H15N2O. The Bertz CT molecular complexity index is 112. The fraction of sp³-hybridized carbons (Fsp3) is 0.714. The highest BCUT2D eigenvalue weighted by atomic mass is 16.2. The summed E-state index contributed by atoms with van der Waals surface area (Å²) >= 11 is 0. The third-order valence-electron chi connectivity index (χ3n) is 1.19. The van der Waals surface area contributed by atoms with Crippen molar-refractivity contribution in [2.24, 2.45) is 5.73 Å². The van der Waals surface area contributed by atoms with Gasteiger partial charge in [0.05, 0.1) is 6.54 Å². The van der Waals surface area contributed by atoms with Crippen LogP contribution in [0.4, 0.5) is 4.79 Å². The maximum Gasteiger partial charge on any atom is 0.315 e. The number of hydrogen-bond acceptors (Lipinski definition) is 1. The van der Waals surface area contributed by atoms with Crippen molar-refractivity contribution in [2.45, 2.75) is 33.2 Å². The second kappa shape index (κ2) is 4.14. The van der Waals surface area contributed by atoms with E-state index >= 15 is 0 Å². The predicted molar refractivity (Wildman–Crippen MR) is 41.1 cm³/mol. The molecule has 0 saturated heterocycles. The molecule has 1 radical (unpaired) electrons. The second-order valence-electron chi connectivity index (χ2n) is 2.43. The van der Waals surface area contributed by atoms with E-state index in [4.69, 9.17) is 5.73 Å². The lowest BCUT2D eigenvalue weighted by Gasteiger charge is -2.22. The highest BCUT2D eigenvalue weighted by Crippen LogP contribution is 2.02. The minimum Gasteiger partial charge on any atom is -0.351 e. The molecule has 0 aliphatic heterocycles. The molecule has 0 heterocycles. The molecule has 0 aliphatic carbocycles. The van der Waals surface area contributed by atoms with Gasteiger partial charge < -0.3 is 10.6 Å². The van der Waals surface area contributed by atoms with E-state index in [1.807, 2.05) is 20.8 Å². The van der Waals surface area contributed by atoms with Gasteiger partial charge in [0.2, 0.25) is 0 Å². The van der Waals surface area contributed by atoms with Gasteiger partial charge in [-0.05, 0) is 20.3 Å². The molecule has 2 N–H and O–H groups in total. The van der Waals surface area contributed by atoms with E-state index in [1.54, 1.807) is 6.54 Å². The zero-order valence-corrected chi connectivity index (χ0v) is 6.79. The molecule has 0 spiro atoms. The molecule has 3 nitrogen and oxygen atoms in total. The van der Waals surface area contributed by atoms with Crippen LogP contribution in [0.15, 0.2) is 0 Å². The number of urea groups is 1. The summed E-state index contributed by atoms with van der Waals surface area (Å²) in [6, 6.07) is -0.214.